The summed E-state index contributed by atoms with van der Waals surface area (Å²) in [6.07, 6.45) is 8.42. The van der Waals surface area contributed by atoms with Crippen molar-refractivity contribution in [2.75, 3.05) is 11.9 Å². The van der Waals surface area contributed by atoms with Crippen LogP contribution in [0, 0.1) is 5.92 Å². The van der Waals surface area contributed by atoms with Crippen molar-refractivity contribution in [2.45, 2.75) is 12.8 Å². The van der Waals surface area contributed by atoms with Crippen molar-refractivity contribution in [3.63, 3.8) is 0 Å². The summed E-state index contributed by atoms with van der Waals surface area (Å²) in [6, 6.07) is 0. The SMILES string of the molecule is Cn1cc(-c2cn3nc(NCC4CC4)sc3n2)cn1. The lowest BCUT2D eigenvalue weighted by atomic mass is 10.3. The third kappa shape index (κ3) is 2.10. The molecular formula is C12H14N6S. The van der Waals surface area contributed by atoms with E-state index < -0.39 is 0 Å². The van der Waals surface area contributed by atoms with E-state index in [1.165, 1.54) is 12.8 Å². The van der Waals surface area contributed by atoms with E-state index in [2.05, 4.69) is 20.5 Å². The van der Waals surface area contributed by atoms with Crippen LogP contribution in [0.3, 0.4) is 0 Å². The first-order chi connectivity index (χ1) is 9.28. The lowest BCUT2D eigenvalue weighted by Crippen LogP contribution is -2.02. The van der Waals surface area contributed by atoms with Crippen molar-refractivity contribution in [2.24, 2.45) is 13.0 Å². The van der Waals surface area contributed by atoms with E-state index in [0.717, 1.165) is 33.8 Å². The maximum absolute atomic E-state index is 4.59. The summed E-state index contributed by atoms with van der Waals surface area (Å²) in [5.74, 6) is 0.849. The van der Waals surface area contributed by atoms with Gasteiger partial charge in [-0.1, -0.05) is 11.3 Å². The van der Waals surface area contributed by atoms with Crippen LogP contribution in [0.2, 0.25) is 0 Å². The molecule has 4 rings (SSSR count). The van der Waals surface area contributed by atoms with Gasteiger partial charge in [-0.2, -0.15) is 5.10 Å². The largest absolute Gasteiger partial charge is 0.360 e. The number of nitrogens with one attached hydrogen (secondary N) is 1. The average Bonchev–Trinajstić information content (AvgIpc) is 2.79. The third-order valence-electron chi connectivity index (χ3n) is 3.28. The molecule has 0 aliphatic heterocycles. The minimum Gasteiger partial charge on any atom is -0.360 e. The highest BCUT2D eigenvalue weighted by molar-refractivity contribution is 7.20. The Morgan fingerprint density at radius 1 is 1.42 bits per heavy atom. The van der Waals surface area contributed by atoms with Crippen LogP contribution >= 0.6 is 11.3 Å². The van der Waals surface area contributed by atoms with Crippen LogP contribution in [0.1, 0.15) is 12.8 Å². The summed E-state index contributed by atoms with van der Waals surface area (Å²) in [5, 5.41) is 13.0. The average molecular weight is 274 g/mol. The Kier molecular flexibility index (Phi) is 2.34. The Morgan fingerprint density at radius 2 is 2.32 bits per heavy atom. The molecule has 0 bridgehead atoms. The summed E-state index contributed by atoms with van der Waals surface area (Å²) < 4.78 is 3.61. The van der Waals surface area contributed by atoms with Crippen molar-refractivity contribution in [3.05, 3.63) is 18.6 Å². The van der Waals surface area contributed by atoms with Gasteiger partial charge in [0.05, 0.1) is 18.1 Å². The molecule has 0 aromatic carbocycles. The molecule has 1 saturated carbocycles. The summed E-state index contributed by atoms with van der Waals surface area (Å²) >= 11 is 1.59. The number of aromatic nitrogens is 5. The Morgan fingerprint density at radius 3 is 3.00 bits per heavy atom. The molecule has 0 saturated heterocycles. The van der Waals surface area contributed by atoms with Gasteiger partial charge in [0.15, 0.2) is 0 Å². The molecule has 1 aliphatic rings. The number of hydrogen-bond donors (Lipinski definition) is 1. The van der Waals surface area contributed by atoms with Gasteiger partial charge in [0.25, 0.3) is 0 Å². The first-order valence-electron chi connectivity index (χ1n) is 6.37. The molecule has 3 aromatic heterocycles. The molecule has 98 valence electrons. The normalized spacial score (nSPS) is 15.2. The van der Waals surface area contributed by atoms with E-state index in [-0.39, 0.29) is 0 Å². The molecule has 19 heavy (non-hydrogen) atoms. The zero-order chi connectivity index (χ0) is 12.8. The zero-order valence-electron chi connectivity index (χ0n) is 10.6. The van der Waals surface area contributed by atoms with Gasteiger partial charge in [-0.25, -0.2) is 9.50 Å². The molecule has 0 atom stereocenters. The monoisotopic (exact) mass is 274 g/mol. The quantitative estimate of drug-likeness (QED) is 0.790. The van der Waals surface area contributed by atoms with E-state index in [1.54, 1.807) is 16.0 Å². The molecule has 3 heterocycles. The van der Waals surface area contributed by atoms with Gasteiger partial charge in [0.2, 0.25) is 10.1 Å². The molecule has 1 N–H and O–H groups in total. The fourth-order valence-electron chi connectivity index (χ4n) is 2.02. The number of imidazole rings is 1. The maximum atomic E-state index is 4.59. The Bertz CT molecular complexity index is 688. The van der Waals surface area contributed by atoms with Gasteiger partial charge in [-0.05, 0) is 18.8 Å². The van der Waals surface area contributed by atoms with E-state index in [1.807, 2.05) is 30.2 Å². The van der Waals surface area contributed by atoms with Gasteiger partial charge in [0.1, 0.15) is 0 Å². The lowest BCUT2D eigenvalue weighted by molar-refractivity contribution is 0.768. The lowest BCUT2D eigenvalue weighted by Gasteiger charge is -1.97. The van der Waals surface area contributed by atoms with E-state index in [4.69, 9.17) is 0 Å². The second-order valence-corrected chi connectivity index (χ2v) is 5.94. The van der Waals surface area contributed by atoms with Crippen molar-refractivity contribution < 1.29 is 0 Å². The fraction of sp³-hybridized carbons (Fsp3) is 0.417. The number of rotatable bonds is 4. The third-order valence-corrected chi connectivity index (χ3v) is 4.16. The molecule has 1 fully saturated rings. The van der Waals surface area contributed by atoms with E-state index in [0.29, 0.717) is 0 Å². The van der Waals surface area contributed by atoms with Crippen LogP contribution in [-0.2, 0) is 7.05 Å². The second-order valence-electron chi connectivity index (χ2n) is 4.99. The maximum Gasteiger partial charge on any atom is 0.214 e. The molecular weight excluding hydrogens is 260 g/mol. The van der Waals surface area contributed by atoms with Crippen molar-refractivity contribution in [3.8, 4) is 11.3 Å². The first kappa shape index (κ1) is 11.0. The Hall–Kier alpha value is -1.89. The van der Waals surface area contributed by atoms with Crippen LogP contribution in [0.15, 0.2) is 18.6 Å². The molecule has 0 radical (unpaired) electrons. The Labute approximate surface area is 114 Å². The number of fused-ring (bicyclic) bond motifs is 1. The van der Waals surface area contributed by atoms with Crippen molar-refractivity contribution in [1.29, 1.82) is 0 Å². The highest BCUT2D eigenvalue weighted by atomic mass is 32.1. The highest BCUT2D eigenvalue weighted by Gasteiger charge is 2.21. The summed E-state index contributed by atoms with van der Waals surface area (Å²) in [5.41, 5.74) is 1.94. The number of hydrogen-bond acceptors (Lipinski definition) is 5. The molecule has 1 aliphatic carbocycles. The molecule has 6 nitrogen and oxygen atoms in total. The summed E-state index contributed by atoms with van der Waals surface area (Å²) in [7, 11) is 1.90. The van der Waals surface area contributed by atoms with Crippen LogP contribution in [0.5, 0.6) is 0 Å². The molecule has 0 spiro atoms. The second kappa shape index (κ2) is 4.06. The van der Waals surface area contributed by atoms with E-state index >= 15 is 0 Å². The van der Waals surface area contributed by atoms with Gasteiger partial charge in [-0.15, -0.1) is 5.10 Å². The predicted octanol–water partition coefficient (Wildman–Crippen LogP) is 2.01. The van der Waals surface area contributed by atoms with E-state index in [9.17, 15) is 0 Å². The molecule has 7 heteroatoms. The van der Waals surface area contributed by atoms with Crippen LogP contribution < -0.4 is 5.32 Å². The highest BCUT2D eigenvalue weighted by Crippen LogP contribution is 2.30. The fourth-order valence-corrected chi connectivity index (χ4v) is 2.81. The van der Waals surface area contributed by atoms with Crippen molar-refractivity contribution in [1.82, 2.24) is 24.4 Å². The number of aryl methyl sites for hydroxylation is 1. The van der Waals surface area contributed by atoms with Crippen molar-refractivity contribution >= 4 is 21.4 Å². The van der Waals surface area contributed by atoms with Gasteiger partial charge in [0, 0.05) is 25.4 Å². The minimum atomic E-state index is 0.849. The van der Waals surface area contributed by atoms with Crippen LogP contribution in [0.25, 0.3) is 16.2 Å². The summed E-state index contributed by atoms with van der Waals surface area (Å²) in [6.45, 7) is 1.03. The van der Waals surface area contributed by atoms with Gasteiger partial charge in [-0.3, -0.25) is 4.68 Å². The van der Waals surface area contributed by atoms with Crippen LogP contribution in [-0.4, -0.2) is 30.9 Å². The molecule has 0 amide bonds. The van der Waals surface area contributed by atoms with Crippen LogP contribution in [0.4, 0.5) is 5.13 Å². The Balaban J connectivity index is 1.59. The first-order valence-corrected chi connectivity index (χ1v) is 7.19. The van der Waals surface area contributed by atoms with Gasteiger partial charge < -0.3 is 5.32 Å². The standard InChI is InChI=1S/C12H14N6S/c1-17-6-9(5-14-17)10-7-18-12(15-10)19-11(16-18)13-4-8-2-3-8/h5-8H,2-4H2,1H3,(H,13,16). The van der Waals surface area contributed by atoms with Gasteiger partial charge >= 0.3 is 0 Å². The number of nitrogens with zero attached hydrogens (tertiary/aromatic N) is 5. The minimum absolute atomic E-state index is 0.849. The zero-order valence-corrected chi connectivity index (χ0v) is 11.4. The topological polar surface area (TPSA) is 60.0 Å². The predicted molar refractivity (Wildman–Crippen MR) is 74.3 cm³/mol. The summed E-state index contributed by atoms with van der Waals surface area (Å²) in [4.78, 5) is 5.50. The molecule has 0 unspecified atom stereocenters. The molecule has 3 aromatic rings. The smallest absolute Gasteiger partial charge is 0.214 e. The number of anilines is 1.